The molecular weight excluding hydrogens is 244 g/mol. The van der Waals surface area contributed by atoms with Gasteiger partial charge in [0.05, 0.1) is 0 Å². The monoisotopic (exact) mass is 266 g/mol. The summed E-state index contributed by atoms with van der Waals surface area (Å²) in [5.74, 6) is 2.08. The number of ether oxygens (including phenoxy) is 1. The van der Waals surface area contributed by atoms with Gasteiger partial charge >= 0.3 is 0 Å². The summed E-state index contributed by atoms with van der Waals surface area (Å²) in [7, 11) is 0. The molecule has 1 aliphatic rings. The number of hydrogen-bond donors (Lipinski definition) is 0. The Morgan fingerprint density at radius 1 is 0.700 bits per heavy atom. The van der Waals surface area contributed by atoms with E-state index in [0.29, 0.717) is 0 Å². The van der Waals surface area contributed by atoms with Gasteiger partial charge in [-0.25, -0.2) is 0 Å². The van der Waals surface area contributed by atoms with Gasteiger partial charge in [-0.05, 0) is 38.8 Å². The van der Waals surface area contributed by atoms with Gasteiger partial charge in [0.25, 0.3) is 0 Å². The largest absolute Gasteiger partial charge is 0.456 e. The van der Waals surface area contributed by atoms with Crippen LogP contribution in [-0.4, -0.2) is 0 Å². The number of aryl methyl sites for hydroxylation is 4. The van der Waals surface area contributed by atoms with Crippen molar-refractivity contribution in [3.05, 3.63) is 57.6 Å². The van der Waals surface area contributed by atoms with Gasteiger partial charge in [0.1, 0.15) is 11.5 Å². The van der Waals surface area contributed by atoms with E-state index in [1.165, 1.54) is 33.4 Å². The first-order chi connectivity index (χ1) is 9.30. The summed E-state index contributed by atoms with van der Waals surface area (Å²) in [4.78, 5) is 0. The van der Waals surface area contributed by atoms with E-state index in [1.807, 2.05) is 0 Å². The Labute approximate surface area is 121 Å². The summed E-state index contributed by atoms with van der Waals surface area (Å²) in [6, 6.07) is 8.93. The molecule has 0 spiro atoms. The van der Waals surface area contributed by atoms with Crippen LogP contribution < -0.4 is 4.74 Å². The van der Waals surface area contributed by atoms with E-state index in [9.17, 15) is 0 Å². The van der Waals surface area contributed by atoms with Crippen molar-refractivity contribution in [1.29, 1.82) is 0 Å². The van der Waals surface area contributed by atoms with Gasteiger partial charge < -0.3 is 4.74 Å². The van der Waals surface area contributed by atoms with Crippen LogP contribution in [0.3, 0.4) is 0 Å². The van der Waals surface area contributed by atoms with Gasteiger partial charge in [0.2, 0.25) is 0 Å². The van der Waals surface area contributed by atoms with Crippen molar-refractivity contribution in [3.63, 3.8) is 0 Å². The fourth-order valence-electron chi connectivity index (χ4n) is 3.36. The quantitative estimate of drug-likeness (QED) is 0.624. The van der Waals surface area contributed by atoms with Crippen molar-refractivity contribution < 1.29 is 4.74 Å². The molecule has 0 aromatic heterocycles. The maximum atomic E-state index is 6.28. The van der Waals surface area contributed by atoms with Crippen LogP contribution in [0.4, 0.5) is 0 Å². The van der Waals surface area contributed by atoms with Crippen molar-refractivity contribution in [2.75, 3.05) is 0 Å². The smallest absolute Gasteiger partial charge is 0.134 e. The maximum absolute atomic E-state index is 6.28. The van der Waals surface area contributed by atoms with E-state index in [2.05, 4.69) is 65.8 Å². The third kappa shape index (κ3) is 1.76. The molecule has 0 atom stereocenters. The average Bonchev–Trinajstić information content (AvgIpc) is 2.32. The molecule has 1 nitrogen and oxygen atoms in total. The molecule has 0 amide bonds. The number of hydrogen-bond acceptors (Lipinski definition) is 1. The van der Waals surface area contributed by atoms with Gasteiger partial charge in [-0.3, -0.25) is 0 Å². The van der Waals surface area contributed by atoms with Crippen LogP contribution in [0.25, 0.3) is 0 Å². The summed E-state index contributed by atoms with van der Waals surface area (Å²) < 4.78 is 6.28. The lowest BCUT2D eigenvalue weighted by Gasteiger charge is -2.36. The third-order valence-corrected chi connectivity index (χ3v) is 4.39. The number of rotatable bonds is 0. The molecule has 0 fully saturated rings. The van der Waals surface area contributed by atoms with E-state index in [-0.39, 0.29) is 5.41 Å². The zero-order chi connectivity index (χ0) is 14.7. The highest BCUT2D eigenvalue weighted by molar-refractivity contribution is 5.62. The van der Waals surface area contributed by atoms with E-state index >= 15 is 0 Å². The minimum absolute atomic E-state index is 0.0174. The Bertz CT molecular complexity index is 649. The summed E-state index contributed by atoms with van der Waals surface area (Å²) in [6.45, 7) is 13.2. The summed E-state index contributed by atoms with van der Waals surface area (Å²) in [5, 5.41) is 0. The van der Waals surface area contributed by atoms with Gasteiger partial charge in [-0.2, -0.15) is 0 Å². The molecule has 0 N–H and O–H groups in total. The highest BCUT2D eigenvalue weighted by atomic mass is 16.5. The van der Waals surface area contributed by atoms with Crippen molar-refractivity contribution in [3.8, 4) is 11.5 Å². The van der Waals surface area contributed by atoms with Crippen LogP contribution in [0.5, 0.6) is 11.5 Å². The average molecular weight is 266 g/mol. The Morgan fingerprint density at radius 2 is 1.10 bits per heavy atom. The molecule has 0 bridgehead atoms. The molecule has 20 heavy (non-hydrogen) atoms. The van der Waals surface area contributed by atoms with Crippen LogP contribution in [-0.2, 0) is 5.41 Å². The maximum Gasteiger partial charge on any atom is 0.134 e. The molecule has 0 saturated heterocycles. The predicted octanol–water partition coefficient (Wildman–Crippen LogP) is 5.35. The minimum atomic E-state index is -0.0174. The molecule has 0 saturated carbocycles. The van der Waals surface area contributed by atoms with E-state index < -0.39 is 0 Å². The van der Waals surface area contributed by atoms with Gasteiger partial charge in [-0.15, -0.1) is 0 Å². The first-order valence-corrected chi connectivity index (χ1v) is 7.22. The number of fused-ring (bicyclic) bond motifs is 2. The van der Waals surface area contributed by atoms with E-state index in [1.54, 1.807) is 0 Å². The second-order valence-corrected chi connectivity index (χ2v) is 6.64. The zero-order valence-electron chi connectivity index (χ0n) is 13.2. The molecule has 0 unspecified atom stereocenters. The summed E-state index contributed by atoms with van der Waals surface area (Å²) >= 11 is 0. The minimum Gasteiger partial charge on any atom is -0.456 e. The normalized spacial score (nSPS) is 15.3. The lowest BCUT2D eigenvalue weighted by molar-refractivity contribution is 0.411. The SMILES string of the molecule is Cc1cc(C)c2c(c1)C(C)(C)c1cc(C)cc(C)c1O2. The van der Waals surface area contributed by atoms with E-state index in [4.69, 9.17) is 4.74 Å². The highest BCUT2D eigenvalue weighted by Gasteiger charge is 2.36. The van der Waals surface area contributed by atoms with Gasteiger partial charge in [-0.1, -0.05) is 49.2 Å². The van der Waals surface area contributed by atoms with Crippen LogP contribution >= 0.6 is 0 Å². The molecule has 3 rings (SSSR count). The van der Waals surface area contributed by atoms with Crippen molar-refractivity contribution in [2.45, 2.75) is 47.0 Å². The first kappa shape index (κ1) is 13.2. The molecule has 104 valence electrons. The van der Waals surface area contributed by atoms with Gasteiger partial charge in [0, 0.05) is 16.5 Å². The lowest BCUT2D eigenvalue weighted by Crippen LogP contribution is -2.25. The second-order valence-electron chi connectivity index (χ2n) is 6.64. The molecular formula is C19H22O. The fourth-order valence-corrected chi connectivity index (χ4v) is 3.36. The topological polar surface area (TPSA) is 9.23 Å². The highest BCUT2D eigenvalue weighted by Crippen LogP contribution is 2.50. The molecule has 1 heteroatoms. The molecule has 2 aromatic carbocycles. The first-order valence-electron chi connectivity index (χ1n) is 7.22. The van der Waals surface area contributed by atoms with Crippen molar-refractivity contribution in [2.24, 2.45) is 0 Å². The standard InChI is InChI=1S/C19H22O/c1-11-7-13(3)17-15(9-11)19(5,6)16-10-12(2)8-14(4)18(16)20-17/h7-10H,1-6H3. The molecule has 1 aliphatic heterocycles. The van der Waals surface area contributed by atoms with Gasteiger partial charge in [0.15, 0.2) is 0 Å². The fraction of sp³-hybridized carbons (Fsp3) is 0.368. The van der Waals surface area contributed by atoms with E-state index in [0.717, 1.165) is 11.5 Å². The Balaban J connectivity index is 2.34. The summed E-state index contributed by atoms with van der Waals surface area (Å²) in [6.07, 6.45) is 0. The Hall–Kier alpha value is -1.76. The lowest BCUT2D eigenvalue weighted by atomic mass is 9.73. The van der Waals surface area contributed by atoms with Crippen LogP contribution in [0, 0.1) is 27.7 Å². The number of benzene rings is 2. The second kappa shape index (κ2) is 4.12. The van der Waals surface area contributed by atoms with Crippen LogP contribution in [0.15, 0.2) is 24.3 Å². The molecule has 0 aliphatic carbocycles. The third-order valence-electron chi connectivity index (χ3n) is 4.39. The molecule has 2 aromatic rings. The van der Waals surface area contributed by atoms with Crippen molar-refractivity contribution >= 4 is 0 Å². The predicted molar refractivity (Wildman–Crippen MR) is 84.0 cm³/mol. The Morgan fingerprint density at radius 3 is 1.50 bits per heavy atom. The zero-order valence-corrected chi connectivity index (χ0v) is 13.2. The van der Waals surface area contributed by atoms with Crippen LogP contribution in [0.1, 0.15) is 47.2 Å². The Kier molecular flexibility index (Phi) is 2.72. The van der Waals surface area contributed by atoms with Crippen molar-refractivity contribution in [1.82, 2.24) is 0 Å². The molecule has 0 radical (unpaired) electrons. The van der Waals surface area contributed by atoms with Crippen LogP contribution in [0.2, 0.25) is 0 Å². The molecule has 1 heterocycles. The summed E-state index contributed by atoms with van der Waals surface area (Å²) in [5.41, 5.74) is 7.62.